The molecule has 0 radical (unpaired) electrons. The number of H-pyrrole nitrogens is 1. The lowest BCUT2D eigenvalue weighted by Gasteiger charge is -2.24. The number of hydrogen-bond donors (Lipinski definition) is 3. The summed E-state index contributed by atoms with van der Waals surface area (Å²) in [6.45, 7) is 1.49. The van der Waals surface area contributed by atoms with Crippen molar-refractivity contribution in [2.75, 3.05) is 13.6 Å². The van der Waals surface area contributed by atoms with Gasteiger partial charge in [0.2, 0.25) is 17.7 Å². The second kappa shape index (κ2) is 9.09. The largest absolute Gasteiger partial charge is 0.467 e. The standard InChI is InChI=1S/C21H24N4O4/c1-14(26)24-19(10-15-11-22-18-8-4-3-7-17(15)18)21(28)25(2)13-20(27)23-12-16-6-5-9-29-16/h3-9,11,19,22H,10,12-13H2,1-2H3,(H,23,27)(H,24,26). The lowest BCUT2D eigenvalue weighted by Crippen LogP contribution is -2.50. The fourth-order valence-corrected chi connectivity index (χ4v) is 3.18. The van der Waals surface area contributed by atoms with E-state index >= 15 is 0 Å². The van der Waals surface area contributed by atoms with Gasteiger partial charge < -0.3 is 24.9 Å². The molecular weight excluding hydrogens is 372 g/mol. The molecule has 8 nitrogen and oxygen atoms in total. The lowest BCUT2D eigenvalue weighted by molar-refractivity contribution is -0.138. The number of nitrogens with one attached hydrogen (secondary N) is 3. The number of benzene rings is 1. The number of fused-ring (bicyclic) bond motifs is 1. The van der Waals surface area contributed by atoms with Crippen molar-refractivity contribution in [3.63, 3.8) is 0 Å². The predicted molar refractivity (Wildman–Crippen MR) is 108 cm³/mol. The van der Waals surface area contributed by atoms with Gasteiger partial charge in [-0.1, -0.05) is 18.2 Å². The van der Waals surface area contributed by atoms with Gasteiger partial charge >= 0.3 is 0 Å². The number of aromatic nitrogens is 1. The van der Waals surface area contributed by atoms with E-state index < -0.39 is 6.04 Å². The third-order valence-electron chi connectivity index (χ3n) is 4.57. The van der Waals surface area contributed by atoms with Crippen LogP contribution < -0.4 is 10.6 Å². The van der Waals surface area contributed by atoms with E-state index in [2.05, 4.69) is 15.6 Å². The molecule has 29 heavy (non-hydrogen) atoms. The molecule has 8 heteroatoms. The second-order valence-electron chi connectivity index (χ2n) is 6.87. The van der Waals surface area contributed by atoms with Crippen molar-refractivity contribution < 1.29 is 18.8 Å². The molecule has 2 aromatic heterocycles. The van der Waals surface area contributed by atoms with Crippen LogP contribution in [0.1, 0.15) is 18.2 Å². The van der Waals surface area contributed by atoms with Gasteiger partial charge in [-0.2, -0.15) is 0 Å². The molecule has 3 aromatic rings. The maximum Gasteiger partial charge on any atom is 0.245 e. The van der Waals surface area contributed by atoms with Gasteiger partial charge in [-0.15, -0.1) is 0 Å². The molecule has 3 rings (SSSR count). The van der Waals surface area contributed by atoms with Crippen molar-refractivity contribution in [2.45, 2.75) is 25.9 Å². The first kappa shape index (κ1) is 20.2. The Kier molecular flexibility index (Phi) is 6.33. The average Bonchev–Trinajstić information content (AvgIpc) is 3.35. The minimum atomic E-state index is -0.769. The molecule has 0 saturated heterocycles. The lowest BCUT2D eigenvalue weighted by atomic mass is 10.0. The molecule has 0 fully saturated rings. The second-order valence-corrected chi connectivity index (χ2v) is 6.87. The Labute approximate surface area is 168 Å². The monoisotopic (exact) mass is 396 g/mol. The highest BCUT2D eigenvalue weighted by Gasteiger charge is 2.25. The topological polar surface area (TPSA) is 107 Å². The summed E-state index contributed by atoms with van der Waals surface area (Å²) >= 11 is 0. The molecule has 0 bridgehead atoms. The normalized spacial score (nSPS) is 11.8. The zero-order chi connectivity index (χ0) is 20.8. The van der Waals surface area contributed by atoms with Crippen LogP contribution in [0.25, 0.3) is 10.9 Å². The number of para-hydroxylation sites is 1. The Morgan fingerprint density at radius 1 is 1.17 bits per heavy atom. The highest BCUT2D eigenvalue weighted by Crippen LogP contribution is 2.19. The van der Waals surface area contributed by atoms with Crippen molar-refractivity contribution in [1.29, 1.82) is 0 Å². The van der Waals surface area contributed by atoms with Crippen LogP contribution in [0.15, 0.2) is 53.3 Å². The summed E-state index contributed by atoms with van der Waals surface area (Å²) in [6, 6.07) is 10.5. The summed E-state index contributed by atoms with van der Waals surface area (Å²) in [6.07, 6.45) is 3.68. The molecule has 2 heterocycles. The molecule has 0 spiro atoms. The van der Waals surface area contributed by atoms with Crippen LogP contribution in [0.4, 0.5) is 0 Å². The van der Waals surface area contributed by atoms with Crippen molar-refractivity contribution in [1.82, 2.24) is 20.5 Å². The Morgan fingerprint density at radius 3 is 2.69 bits per heavy atom. The fraction of sp³-hybridized carbons (Fsp3) is 0.286. The van der Waals surface area contributed by atoms with Crippen LogP contribution in [0, 0.1) is 0 Å². The van der Waals surface area contributed by atoms with Crippen molar-refractivity contribution in [3.8, 4) is 0 Å². The number of amides is 3. The Bertz CT molecular complexity index is 993. The Hall–Kier alpha value is -3.55. The third kappa shape index (κ3) is 5.25. The summed E-state index contributed by atoms with van der Waals surface area (Å²) in [7, 11) is 1.54. The maximum absolute atomic E-state index is 12.9. The Morgan fingerprint density at radius 2 is 1.97 bits per heavy atom. The van der Waals surface area contributed by atoms with Crippen LogP contribution in [-0.4, -0.2) is 47.2 Å². The fourth-order valence-electron chi connectivity index (χ4n) is 3.18. The van der Waals surface area contributed by atoms with E-state index in [9.17, 15) is 14.4 Å². The zero-order valence-corrected chi connectivity index (χ0v) is 16.4. The molecule has 1 atom stereocenters. The van der Waals surface area contributed by atoms with Gasteiger partial charge in [0.1, 0.15) is 11.8 Å². The van der Waals surface area contributed by atoms with Crippen molar-refractivity contribution in [3.05, 3.63) is 60.2 Å². The van der Waals surface area contributed by atoms with E-state index in [1.165, 1.54) is 18.1 Å². The van der Waals surface area contributed by atoms with Gasteiger partial charge in [-0.05, 0) is 23.8 Å². The van der Waals surface area contributed by atoms with E-state index in [1.54, 1.807) is 19.2 Å². The molecule has 1 unspecified atom stereocenters. The number of rotatable bonds is 8. The summed E-state index contributed by atoms with van der Waals surface area (Å²) in [5, 5.41) is 6.40. The van der Waals surface area contributed by atoms with Crippen molar-refractivity contribution >= 4 is 28.6 Å². The van der Waals surface area contributed by atoms with E-state index in [0.29, 0.717) is 12.2 Å². The van der Waals surface area contributed by atoms with Gasteiger partial charge in [-0.3, -0.25) is 14.4 Å². The van der Waals surface area contributed by atoms with E-state index in [0.717, 1.165) is 16.5 Å². The Balaban J connectivity index is 1.64. The number of likely N-dealkylation sites (N-methyl/N-ethyl adjacent to an activating group) is 1. The van der Waals surface area contributed by atoms with Crippen LogP contribution in [-0.2, 0) is 27.3 Å². The van der Waals surface area contributed by atoms with E-state index in [1.807, 2.05) is 30.5 Å². The summed E-state index contributed by atoms with van der Waals surface area (Å²) < 4.78 is 5.17. The molecule has 3 N–H and O–H groups in total. The predicted octanol–water partition coefficient (Wildman–Crippen LogP) is 1.58. The van der Waals surface area contributed by atoms with Gasteiger partial charge in [0.05, 0.1) is 19.4 Å². The molecule has 152 valence electrons. The molecule has 3 amide bonds. The number of carbonyl (C=O) groups excluding carboxylic acids is 3. The molecule has 0 aliphatic heterocycles. The molecular formula is C21H24N4O4. The number of nitrogens with zero attached hydrogens (tertiary/aromatic N) is 1. The highest BCUT2D eigenvalue weighted by atomic mass is 16.3. The first-order chi connectivity index (χ1) is 13.9. The van der Waals surface area contributed by atoms with Crippen molar-refractivity contribution in [2.24, 2.45) is 0 Å². The van der Waals surface area contributed by atoms with Gasteiger partial charge in [0, 0.05) is 37.5 Å². The SMILES string of the molecule is CC(=O)NC(Cc1c[nH]c2ccccc12)C(=O)N(C)CC(=O)NCc1ccco1. The minimum absolute atomic E-state index is 0.122. The number of carbonyl (C=O) groups is 3. The van der Waals surface area contributed by atoms with Gasteiger partial charge in [0.25, 0.3) is 0 Å². The van der Waals surface area contributed by atoms with E-state index in [-0.39, 0.29) is 30.8 Å². The summed E-state index contributed by atoms with van der Waals surface area (Å²) in [4.78, 5) is 41.2. The van der Waals surface area contributed by atoms with Gasteiger partial charge in [0.15, 0.2) is 0 Å². The molecule has 0 aliphatic carbocycles. The van der Waals surface area contributed by atoms with Crippen LogP contribution in [0.2, 0.25) is 0 Å². The maximum atomic E-state index is 12.9. The zero-order valence-electron chi connectivity index (χ0n) is 16.4. The quantitative estimate of drug-likeness (QED) is 0.537. The summed E-state index contributed by atoms with van der Waals surface area (Å²) in [5.41, 5.74) is 1.88. The van der Waals surface area contributed by atoms with E-state index in [4.69, 9.17) is 4.42 Å². The first-order valence-corrected chi connectivity index (χ1v) is 9.30. The van der Waals surface area contributed by atoms with Crippen LogP contribution in [0.3, 0.4) is 0 Å². The number of hydrogen-bond acceptors (Lipinski definition) is 4. The molecule has 1 aromatic carbocycles. The molecule has 0 saturated carbocycles. The van der Waals surface area contributed by atoms with Crippen LogP contribution in [0.5, 0.6) is 0 Å². The number of aromatic amines is 1. The first-order valence-electron chi connectivity index (χ1n) is 9.30. The van der Waals surface area contributed by atoms with Gasteiger partial charge in [-0.25, -0.2) is 0 Å². The smallest absolute Gasteiger partial charge is 0.245 e. The van der Waals surface area contributed by atoms with Crippen LogP contribution >= 0.6 is 0 Å². The number of furan rings is 1. The minimum Gasteiger partial charge on any atom is -0.467 e. The highest BCUT2D eigenvalue weighted by molar-refractivity contribution is 5.91. The molecule has 0 aliphatic rings. The summed E-state index contributed by atoms with van der Waals surface area (Å²) in [5.74, 6) is -0.328. The third-order valence-corrected chi connectivity index (χ3v) is 4.57. The average molecular weight is 396 g/mol.